The number of aliphatic hydroxyl groups is 5. The van der Waals surface area contributed by atoms with Gasteiger partial charge in [-0.05, 0) is 99.5 Å². The van der Waals surface area contributed by atoms with Gasteiger partial charge in [0, 0.05) is 63.6 Å². The largest absolute Gasteiger partial charge is 0.396 e. The van der Waals surface area contributed by atoms with Crippen LogP contribution in [0, 0.1) is 69.0 Å². The quantitative estimate of drug-likeness (QED) is 0.131. The zero-order chi connectivity index (χ0) is 40.1. The van der Waals surface area contributed by atoms with Gasteiger partial charge in [-0.25, -0.2) is 0 Å². The molecule has 3 spiro atoms. The van der Waals surface area contributed by atoms with Gasteiger partial charge in [0.25, 0.3) is 0 Å². The van der Waals surface area contributed by atoms with Crippen LogP contribution in [-0.2, 0) is 23.8 Å². The van der Waals surface area contributed by atoms with E-state index in [1.165, 1.54) is 0 Å². The molecule has 7 bridgehead atoms. The molecule has 5 aliphatic heterocycles. The van der Waals surface area contributed by atoms with Crippen LogP contribution in [0.3, 0.4) is 0 Å². The van der Waals surface area contributed by atoms with Gasteiger partial charge in [-0.3, -0.25) is 14.9 Å². The van der Waals surface area contributed by atoms with Crippen molar-refractivity contribution in [3.05, 3.63) is 11.1 Å². The number of ketones is 1. The molecular weight excluding hydrogens is 728 g/mol. The summed E-state index contributed by atoms with van der Waals surface area (Å²) in [5, 5.41) is 65.7. The minimum atomic E-state index is -2.00. The molecule has 6 aliphatic carbocycles. The predicted octanol–water partition coefficient (Wildman–Crippen LogP) is 1.59. The third kappa shape index (κ3) is 4.64. The molecule has 5 heterocycles. The van der Waals surface area contributed by atoms with E-state index in [1.54, 1.807) is 18.9 Å². The van der Waals surface area contributed by atoms with E-state index >= 15 is 4.79 Å². The molecule has 0 radical (unpaired) electrons. The second-order valence-electron chi connectivity index (χ2n) is 20.3. The first-order chi connectivity index (χ1) is 27.1. The number of hydrogen-bond acceptors (Lipinski definition) is 11. The van der Waals surface area contributed by atoms with Crippen molar-refractivity contribution >= 4 is 11.7 Å². The molecule has 310 valence electrons. The summed E-state index contributed by atoms with van der Waals surface area (Å²) in [6.07, 6.45) is 0.845. The molecule has 11 aliphatic rings. The van der Waals surface area contributed by atoms with Gasteiger partial charge in [0.15, 0.2) is 5.78 Å². The van der Waals surface area contributed by atoms with E-state index in [1.807, 2.05) is 6.92 Å². The molecule has 11 rings (SSSR count). The number of fused-ring (bicyclic) bond motifs is 4. The van der Waals surface area contributed by atoms with E-state index in [4.69, 9.17) is 14.2 Å². The monoisotopic (exact) mass is 788 g/mol. The van der Waals surface area contributed by atoms with Crippen LogP contribution in [-0.4, -0.2) is 129 Å². The lowest BCUT2D eigenvalue weighted by atomic mass is 9.36. The number of nitrogens with one attached hydrogen (secondary N) is 1. The number of ether oxygens (including phenoxy) is 3. The Morgan fingerprint density at radius 1 is 1.00 bits per heavy atom. The molecule has 6 fully saturated rings. The van der Waals surface area contributed by atoms with E-state index in [9.17, 15) is 30.3 Å². The molecular formula is C45H60N2O10. The average Bonchev–Trinajstić information content (AvgIpc) is 3.80. The normalized spacial score (nSPS) is 53.9. The minimum Gasteiger partial charge on any atom is -0.396 e. The fourth-order valence-electron chi connectivity index (χ4n) is 15.0. The highest BCUT2D eigenvalue weighted by Gasteiger charge is 2.82. The number of methoxy groups -OCH3 is 1. The van der Waals surface area contributed by atoms with Crippen LogP contribution in [0.5, 0.6) is 0 Å². The second kappa shape index (κ2) is 12.6. The third-order valence-electron chi connectivity index (χ3n) is 18.2. The highest BCUT2D eigenvalue weighted by molar-refractivity contribution is 6.01. The Kier molecular flexibility index (Phi) is 8.58. The highest BCUT2D eigenvalue weighted by Crippen LogP contribution is 2.80. The number of piperidine rings is 1. The van der Waals surface area contributed by atoms with E-state index in [0.717, 1.165) is 18.4 Å². The van der Waals surface area contributed by atoms with Crippen molar-refractivity contribution < 1.29 is 49.3 Å². The molecule has 0 unspecified atom stereocenters. The Hall–Kier alpha value is -2.36. The summed E-state index contributed by atoms with van der Waals surface area (Å²) >= 11 is 0. The molecule has 12 heteroatoms. The van der Waals surface area contributed by atoms with Crippen LogP contribution in [0.2, 0.25) is 0 Å². The Bertz CT molecular complexity index is 1930. The standard InChI is InChI=1S/C45H60N2O10/c1-39-15-11-27(56-19-7-18-55-4)20-31(39)32(49)28-10-9-25-21-44-14-6-13-43(22-29-30(24-48)33(36(50)41(44,3)53)57-34(29)37(51)46-43)38(52)47-23-26(47)8-5-12-42(39)17-16-40(44,2)45(25,54)35(28)42/h25-27,29-31,33-34,36-37,46,48,50-51,53-54H,7-11,13,15-24H2,1-4H3/t25-,26+,27-,29+,30+,31-,33-,34-,36+,37-,39-,40+,41+,42-,43+,44-,45+,47?/m0/s1. The summed E-state index contributed by atoms with van der Waals surface area (Å²) in [5.41, 5.74) is -7.59. The number of carbonyl (C=O) groups is 2. The van der Waals surface area contributed by atoms with Crippen molar-refractivity contribution in [3.8, 4) is 23.7 Å². The number of rotatable bonds is 6. The number of nitrogens with zero attached hydrogens (tertiary/aromatic N) is 1. The molecule has 3 saturated carbocycles. The van der Waals surface area contributed by atoms with E-state index in [-0.39, 0.29) is 55.6 Å². The maximum absolute atomic E-state index is 15.2. The summed E-state index contributed by atoms with van der Waals surface area (Å²) in [5.74, 6) is 12.3. The number of amides is 1. The zero-order valence-electron chi connectivity index (χ0n) is 33.8. The Labute approximate surface area is 335 Å². The third-order valence-corrected chi connectivity index (χ3v) is 18.2. The lowest BCUT2D eigenvalue weighted by molar-refractivity contribution is -0.230. The molecule has 1 amide bonds. The van der Waals surface area contributed by atoms with Gasteiger partial charge >= 0.3 is 0 Å². The number of hydrogen-bond donors (Lipinski definition) is 6. The van der Waals surface area contributed by atoms with Crippen molar-refractivity contribution in [1.82, 2.24) is 10.2 Å². The van der Waals surface area contributed by atoms with E-state index < -0.39 is 80.7 Å². The molecule has 12 nitrogen and oxygen atoms in total. The lowest BCUT2D eigenvalue weighted by Crippen LogP contribution is -2.71. The van der Waals surface area contributed by atoms with Gasteiger partial charge in [0.1, 0.15) is 29.6 Å². The fraction of sp³-hybridized carbons (Fsp3) is 0.822. The zero-order valence-corrected chi connectivity index (χ0v) is 33.8. The second-order valence-corrected chi connectivity index (χ2v) is 20.3. The van der Waals surface area contributed by atoms with Crippen LogP contribution < -0.4 is 5.32 Å². The van der Waals surface area contributed by atoms with Crippen molar-refractivity contribution in [2.45, 2.75) is 151 Å². The molecule has 3 saturated heterocycles. The maximum atomic E-state index is 15.2. The number of Topliss-reactive ketones (excluding diaryl/α,β-unsaturated/α-hetero) is 1. The molecule has 0 aromatic rings. The average molecular weight is 789 g/mol. The topological polar surface area (TPSA) is 178 Å². The maximum Gasteiger partial charge on any atom is 0.244 e. The van der Waals surface area contributed by atoms with Crippen molar-refractivity contribution in [2.24, 2.45) is 45.3 Å². The number of carbonyl (C=O) groups excluding carboxylic acids is 2. The molecule has 0 aromatic carbocycles. The first-order valence-corrected chi connectivity index (χ1v) is 21.6. The van der Waals surface area contributed by atoms with Gasteiger partial charge in [-0.2, -0.15) is 0 Å². The lowest BCUT2D eigenvalue weighted by Gasteiger charge is -2.68. The molecule has 17 atom stereocenters. The number of aliphatic hydroxyl groups excluding tert-OH is 3. The van der Waals surface area contributed by atoms with Crippen molar-refractivity contribution in [2.75, 3.05) is 33.5 Å². The van der Waals surface area contributed by atoms with E-state index in [0.29, 0.717) is 70.3 Å². The van der Waals surface area contributed by atoms with Crippen LogP contribution in [0.4, 0.5) is 0 Å². The van der Waals surface area contributed by atoms with Crippen LogP contribution >= 0.6 is 0 Å². The smallest absolute Gasteiger partial charge is 0.244 e. The molecule has 57 heavy (non-hydrogen) atoms. The molecule has 0 aromatic heterocycles. The summed E-state index contributed by atoms with van der Waals surface area (Å²) in [6, 6.07) is -0.148. The summed E-state index contributed by atoms with van der Waals surface area (Å²) < 4.78 is 18.1. The predicted molar refractivity (Wildman–Crippen MR) is 204 cm³/mol. The van der Waals surface area contributed by atoms with Gasteiger partial charge in [-0.15, -0.1) is 11.8 Å². The van der Waals surface area contributed by atoms with Crippen LogP contribution in [0.15, 0.2) is 11.1 Å². The number of allylic oxidation sites excluding steroid dienone is 1. The Morgan fingerprint density at radius 3 is 2.58 bits per heavy atom. The summed E-state index contributed by atoms with van der Waals surface area (Å²) in [4.78, 5) is 31.7. The Balaban J connectivity index is 1.19. The van der Waals surface area contributed by atoms with Crippen LogP contribution in [0.25, 0.3) is 0 Å². The fourth-order valence-corrected chi connectivity index (χ4v) is 15.0. The van der Waals surface area contributed by atoms with E-state index in [2.05, 4.69) is 35.9 Å². The SMILES string of the molecule is COCCCO[C@H]1CC[C@@]2(C)[C@@H](C1)C(=O)C1=C3[C@@]24C#CC[C@@H]2CN2C(=O)[C@@]25CC#C[C@@]6(C[C@H](CC1)[C@]3(O)[C@]6(C)CC4)[C@](C)(O)[C@H](O)[C@H]1O[C@@H]([C@H](C2)[C@H]1CO)[C@H](O)N5. The van der Waals surface area contributed by atoms with Gasteiger partial charge in [-0.1, -0.05) is 25.7 Å². The van der Waals surface area contributed by atoms with Gasteiger partial charge < -0.3 is 44.6 Å². The van der Waals surface area contributed by atoms with Gasteiger partial charge in [0.05, 0.1) is 34.7 Å². The molecule has 6 N–H and O–H groups in total. The minimum absolute atomic E-state index is 0.0156. The highest BCUT2D eigenvalue weighted by atomic mass is 16.5. The Morgan fingerprint density at radius 2 is 1.81 bits per heavy atom. The summed E-state index contributed by atoms with van der Waals surface area (Å²) in [7, 11) is 1.68. The van der Waals surface area contributed by atoms with Crippen molar-refractivity contribution in [1.29, 1.82) is 0 Å². The first-order valence-electron chi connectivity index (χ1n) is 21.6. The van der Waals surface area contributed by atoms with Crippen LogP contribution in [0.1, 0.15) is 97.8 Å². The van der Waals surface area contributed by atoms with Gasteiger partial charge in [0.2, 0.25) is 5.91 Å². The first kappa shape index (κ1) is 38.8. The summed E-state index contributed by atoms with van der Waals surface area (Å²) in [6.45, 7) is 7.08. The van der Waals surface area contributed by atoms with Crippen molar-refractivity contribution in [3.63, 3.8) is 0 Å².